The number of nitrogens with two attached hydrogens (primary N) is 1. The number of methoxy groups -OCH3 is 1. The molecule has 0 atom stereocenters. The molecular formula is C3H9N3OS. The molecule has 0 unspecified atom stereocenters. The molecule has 0 aliphatic rings. The van der Waals surface area contributed by atoms with Crippen LogP contribution in [-0.4, -0.2) is 19.4 Å². The molecule has 3 N–H and O–H groups in total. The maximum absolute atomic E-state index is 4.86. The van der Waals surface area contributed by atoms with Crippen LogP contribution < -0.4 is 10.6 Å². The number of nitrogens with one attached hydrogen (secondary N) is 1. The maximum Gasteiger partial charge on any atom is 0.316 e. The van der Waals surface area contributed by atoms with Gasteiger partial charge in [0.05, 0.1) is 7.11 Å². The van der Waals surface area contributed by atoms with Crippen LogP contribution in [0.4, 0.5) is 0 Å². The summed E-state index contributed by atoms with van der Waals surface area (Å²) in [6, 6.07) is 0.331. The van der Waals surface area contributed by atoms with Gasteiger partial charge in [0.1, 0.15) is 0 Å². The van der Waals surface area contributed by atoms with E-state index in [1.807, 2.05) is 6.26 Å². The topological polar surface area (TPSA) is 59.6 Å². The summed E-state index contributed by atoms with van der Waals surface area (Å²) in [4.78, 5) is 0. The van der Waals surface area contributed by atoms with Gasteiger partial charge in [0.15, 0.2) is 0 Å². The number of rotatable bonds is 1. The van der Waals surface area contributed by atoms with Crippen LogP contribution >= 0.6 is 11.9 Å². The lowest BCUT2D eigenvalue weighted by molar-refractivity contribution is 0.390. The van der Waals surface area contributed by atoms with E-state index in [4.69, 9.17) is 5.84 Å². The van der Waals surface area contributed by atoms with Gasteiger partial charge >= 0.3 is 6.02 Å². The Hall–Kier alpha value is -0.580. The largest absolute Gasteiger partial charge is 0.467 e. The van der Waals surface area contributed by atoms with E-state index >= 15 is 0 Å². The first-order valence-corrected chi connectivity index (χ1v) is 3.18. The molecule has 8 heavy (non-hydrogen) atoms. The van der Waals surface area contributed by atoms with E-state index in [9.17, 15) is 0 Å². The molecule has 0 rings (SSSR count). The van der Waals surface area contributed by atoms with Gasteiger partial charge in [-0.1, -0.05) is 11.9 Å². The summed E-state index contributed by atoms with van der Waals surface area (Å²) in [7, 11) is 1.49. The Labute approximate surface area is 52.6 Å². The molecule has 0 bridgehead atoms. The molecule has 0 aromatic heterocycles. The molecule has 4 nitrogen and oxygen atoms in total. The predicted molar refractivity (Wildman–Crippen MR) is 35.3 cm³/mol. The molecule has 48 valence electrons. The van der Waals surface area contributed by atoms with Crippen LogP contribution in [0.3, 0.4) is 0 Å². The van der Waals surface area contributed by atoms with Crippen LogP contribution in [0.1, 0.15) is 0 Å². The molecule has 5 heteroatoms. The highest BCUT2D eigenvalue weighted by Gasteiger charge is 1.89. The minimum absolute atomic E-state index is 0.331. The second kappa shape index (κ2) is 4.58. The Morgan fingerprint density at radius 2 is 2.50 bits per heavy atom. The van der Waals surface area contributed by atoms with E-state index in [0.717, 1.165) is 0 Å². The molecule has 0 fully saturated rings. The normalized spacial score (nSPS) is 11.0. The van der Waals surface area contributed by atoms with Crippen LogP contribution in [0.5, 0.6) is 0 Å². The lowest BCUT2D eigenvalue weighted by Gasteiger charge is -2.00. The number of ether oxygens (including phenoxy) is 1. The van der Waals surface area contributed by atoms with Gasteiger partial charge in [0.25, 0.3) is 0 Å². The number of hydrogen-bond acceptors (Lipinski definition) is 4. The van der Waals surface area contributed by atoms with Crippen molar-refractivity contribution in [1.29, 1.82) is 0 Å². The zero-order valence-electron chi connectivity index (χ0n) is 4.84. The summed E-state index contributed by atoms with van der Waals surface area (Å²) >= 11 is 1.37. The molecule has 0 amide bonds. The third-order valence-electron chi connectivity index (χ3n) is 0.500. The van der Waals surface area contributed by atoms with Crippen molar-refractivity contribution in [2.24, 2.45) is 10.9 Å². The molecule has 0 aliphatic heterocycles. The lowest BCUT2D eigenvalue weighted by Crippen LogP contribution is -2.18. The van der Waals surface area contributed by atoms with Gasteiger partial charge in [-0.2, -0.15) is 0 Å². The first-order chi connectivity index (χ1) is 3.85. The Kier molecular flexibility index (Phi) is 4.24. The summed E-state index contributed by atoms with van der Waals surface area (Å²) < 4.78 is 7.33. The SMILES string of the molecule is COC(=NN)NSC. The van der Waals surface area contributed by atoms with E-state index in [1.54, 1.807) is 0 Å². The van der Waals surface area contributed by atoms with Crippen molar-refractivity contribution in [1.82, 2.24) is 4.72 Å². The van der Waals surface area contributed by atoms with E-state index in [2.05, 4.69) is 14.6 Å². The number of amidine groups is 1. The van der Waals surface area contributed by atoms with Gasteiger partial charge in [-0.15, -0.1) is 5.10 Å². The van der Waals surface area contributed by atoms with Crippen molar-refractivity contribution >= 4 is 18.0 Å². The molecule has 0 radical (unpaired) electrons. The third kappa shape index (κ3) is 2.57. The van der Waals surface area contributed by atoms with Crippen molar-refractivity contribution < 1.29 is 4.74 Å². The average Bonchev–Trinajstić information content (AvgIpc) is 1.83. The van der Waals surface area contributed by atoms with Crippen molar-refractivity contribution in [3.63, 3.8) is 0 Å². The summed E-state index contributed by atoms with van der Waals surface area (Å²) in [5.41, 5.74) is 0. The van der Waals surface area contributed by atoms with Crippen LogP contribution in [0.25, 0.3) is 0 Å². The van der Waals surface area contributed by atoms with Gasteiger partial charge in [0, 0.05) is 6.26 Å². The Balaban J connectivity index is 3.38. The molecule has 0 saturated carbocycles. The van der Waals surface area contributed by atoms with Gasteiger partial charge in [-0.25, -0.2) is 0 Å². The monoisotopic (exact) mass is 135 g/mol. The van der Waals surface area contributed by atoms with Gasteiger partial charge < -0.3 is 10.6 Å². The fourth-order valence-corrected chi connectivity index (χ4v) is 0.519. The first-order valence-electron chi connectivity index (χ1n) is 1.96. The fraction of sp³-hybridized carbons (Fsp3) is 0.667. The average molecular weight is 135 g/mol. The van der Waals surface area contributed by atoms with Crippen LogP contribution in [-0.2, 0) is 4.74 Å². The van der Waals surface area contributed by atoms with E-state index < -0.39 is 0 Å². The standard InChI is InChI=1S/C3H9N3OS/c1-7-3(5-4)6-8-2/h4H2,1-2H3,(H,5,6). The zero-order valence-corrected chi connectivity index (χ0v) is 5.66. The second-order valence-electron chi connectivity index (χ2n) is 0.945. The third-order valence-corrected chi connectivity index (χ3v) is 0.879. The summed E-state index contributed by atoms with van der Waals surface area (Å²) in [6.07, 6.45) is 1.85. The van der Waals surface area contributed by atoms with E-state index in [0.29, 0.717) is 6.02 Å². The quantitative estimate of drug-likeness (QED) is 0.171. The fourth-order valence-electron chi connectivity index (χ4n) is 0.208. The number of nitrogens with zero attached hydrogens (tertiary/aromatic N) is 1. The number of hydrazone groups is 1. The molecule has 0 heterocycles. The molecular weight excluding hydrogens is 126 g/mol. The number of hydrogen-bond donors (Lipinski definition) is 2. The molecule has 0 aromatic rings. The minimum Gasteiger partial charge on any atom is -0.467 e. The van der Waals surface area contributed by atoms with Crippen molar-refractivity contribution in [2.75, 3.05) is 13.4 Å². The molecule has 0 aromatic carbocycles. The summed E-state index contributed by atoms with van der Waals surface area (Å²) in [6.45, 7) is 0. The highest BCUT2D eigenvalue weighted by Crippen LogP contribution is 1.82. The predicted octanol–water partition coefficient (Wildman–Crippen LogP) is -0.270. The van der Waals surface area contributed by atoms with Crippen LogP contribution in [0.15, 0.2) is 5.10 Å². The molecule has 0 saturated heterocycles. The Bertz CT molecular complexity index is 84.6. The van der Waals surface area contributed by atoms with E-state index in [-0.39, 0.29) is 0 Å². The Morgan fingerprint density at radius 1 is 1.88 bits per heavy atom. The van der Waals surface area contributed by atoms with Crippen LogP contribution in [0.2, 0.25) is 0 Å². The first kappa shape index (κ1) is 7.42. The zero-order chi connectivity index (χ0) is 6.41. The highest BCUT2D eigenvalue weighted by molar-refractivity contribution is 7.97. The van der Waals surface area contributed by atoms with Crippen molar-refractivity contribution in [3.05, 3.63) is 0 Å². The minimum atomic E-state index is 0.331. The summed E-state index contributed by atoms with van der Waals surface area (Å²) in [5, 5.41) is 3.26. The maximum atomic E-state index is 4.86. The molecule has 0 spiro atoms. The smallest absolute Gasteiger partial charge is 0.316 e. The lowest BCUT2D eigenvalue weighted by atomic mass is 11.2. The van der Waals surface area contributed by atoms with Gasteiger partial charge in [-0.05, 0) is 0 Å². The summed E-state index contributed by atoms with van der Waals surface area (Å²) in [5.74, 6) is 4.86. The highest BCUT2D eigenvalue weighted by atomic mass is 32.2. The second-order valence-corrected chi connectivity index (χ2v) is 1.56. The van der Waals surface area contributed by atoms with E-state index in [1.165, 1.54) is 19.1 Å². The van der Waals surface area contributed by atoms with Crippen LogP contribution in [0, 0.1) is 0 Å². The molecule has 0 aliphatic carbocycles. The Morgan fingerprint density at radius 3 is 2.62 bits per heavy atom. The van der Waals surface area contributed by atoms with Crippen molar-refractivity contribution in [2.45, 2.75) is 0 Å². The van der Waals surface area contributed by atoms with Gasteiger partial charge in [-0.3, -0.25) is 4.72 Å². The van der Waals surface area contributed by atoms with Crippen molar-refractivity contribution in [3.8, 4) is 0 Å². The van der Waals surface area contributed by atoms with Gasteiger partial charge in [0.2, 0.25) is 0 Å².